The molecule has 1 aromatic heterocycles. The van der Waals surface area contributed by atoms with Crippen molar-refractivity contribution in [2.75, 3.05) is 19.0 Å². The van der Waals surface area contributed by atoms with Crippen molar-refractivity contribution in [1.82, 2.24) is 4.98 Å². The van der Waals surface area contributed by atoms with Crippen LogP contribution in [0, 0.1) is 0 Å². The van der Waals surface area contributed by atoms with Crippen LogP contribution in [-0.2, 0) is 4.79 Å². The lowest BCUT2D eigenvalue weighted by molar-refractivity contribution is -0.116. The summed E-state index contributed by atoms with van der Waals surface area (Å²) in [4.78, 5) is 14.3. The molecule has 1 amide bonds. The van der Waals surface area contributed by atoms with Crippen molar-refractivity contribution in [3.05, 3.63) is 18.3 Å². The molecule has 0 radical (unpaired) electrons. The van der Waals surface area contributed by atoms with Crippen molar-refractivity contribution in [1.29, 1.82) is 0 Å². The molecular weight excluding hydrogens is 170 g/mol. The third-order valence-electron chi connectivity index (χ3n) is 1.41. The first-order chi connectivity index (χ1) is 6.22. The van der Waals surface area contributed by atoms with Crippen LogP contribution in [0.3, 0.4) is 0 Å². The van der Waals surface area contributed by atoms with Gasteiger partial charge in [0, 0.05) is 18.0 Å². The number of rotatable bonds is 4. The second-order valence-corrected chi connectivity index (χ2v) is 2.41. The highest BCUT2D eigenvalue weighted by Crippen LogP contribution is 2.12. The Hall–Kier alpha value is -1.78. The molecule has 1 heterocycles. The topological polar surface area (TPSA) is 77.2 Å². The van der Waals surface area contributed by atoms with E-state index in [-0.39, 0.29) is 6.54 Å². The van der Waals surface area contributed by atoms with Gasteiger partial charge in [-0.2, -0.15) is 0 Å². The van der Waals surface area contributed by atoms with Gasteiger partial charge in [-0.3, -0.25) is 4.79 Å². The standard InChI is InChI=1S/C8H11N3O2/c1-13-8-4-6(2-3-10-8)11-5-7(9)12/h2-4H,5H2,1H3,(H2,9,12)(H,10,11). The Balaban J connectivity index is 2.61. The zero-order valence-corrected chi connectivity index (χ0v) is 7.28. The van der Waals surface area contributed by atoms with Crippen molar-refractivity contribution < 1.29 is 9.53 Å². The molecule has 0 fully saturated rings. The molecule has 0 aliphatic heterocycles. The molecule has 0 bridgehead atoms. The summed E-state index contributed by atoms with van der Waals surface area (Å²) >= 11 is 0. The fourth-order valence-corrected chi connectivity index (χ4v) is 0.820. The second-order valence-electron chi connectivity index (χ2n) is 2.41. The van der Waals surface area contributed by atoms with Gasteiger partial charge in [-0.05, 0) is 6.07 Å². The number of nitrogens with two attached hydrogens (primary N) is 1. The molecule has 13 heavy (non-hydrogen) atoms. The van der Waals surface area contributed by atoms with Gasteiger partial charge in [0.25, 0.3) is 0 Å². The number of nitrogens with zero attached hydrogens (tertiary/aromatic N) is 1. The van der Waals surface area contributed by atoms with E-state index in [4.69, 9.17) is 10.5 Å². The van der Waals surface area contributed by atoms with Gasteiger partial charge in [0.1, 0.15) is 0 Å². The number of aromatic nitrogens is 1. The van der Waals surface area contributed by atoms with E-state index in [0.717, 1.165) is 5.69 Å². The van der Waals surface area contributed by atoms with Crippen LogP contribution in [0.5, 0.6) is 5.88 Å². The monoisotopic (exact) mass is 181 g/mol. The van der Waals surface area contributed by atoms with Gasteiger partial charge in [0.05, 0.1) is 13.7 Å². The molecule has 1 rings (SSSR count). The number of carbonyl (C=O) groups is 1. The Kier molecular flexibility index (Phi) is 3.08. The summed E-state index contributed by atoms with van der Waals surface area (Å²) < 4.78 is 4.89. The van der Waals surface area contributed by atoms with Crippen LogP contribution in [0.15, 0.2) is 18.3 Å². The van der Waals surface area contributed by atoms with E-state index in [2.05, 4.69) is 10.3 Å². The zero-order valence-electron chi connectivity index (χ0n) is 7.28. The van der Waals surface area contributed by atoms with Crippen LogP contribution in [0.2, 0.25) is 0 Å². The highest BCUT2D eigenvalue weighted by Gasteiger charge is 1.97. The van der Waals surface area contributed by atoms with Crippen LogP contribution >= 0.6 is 0 Å². The van der Waals surface area contributed by atoms with Crippen molar-refractivity contribution >= 4 is 11.6 Å². The smallest absolute Gasteiger partial charge is 0.236 e. The first-order valence-electron chi connectivity index (χ1n) is 3.74. The van der Waals surface area contributed by atoms with E-state index in [1.807, 2.05) is 0 Å². The maximum Gasteiger partial charge on any atom is 0.236 e. The van der Waals surface area contributed by atoms with E-state index < -0.39 is 5.91 Å². The quantitative estimate of drug-likeness (QED) is 0.684. The highest BCUT2D eigenvalue weighted by atomic mass is 16.5. The minimum atomic E-state index is -0.407. The van der Waals surface area contributed by atoms with Gasteiger partial charge in [-0.15, -0.1) is 0 Å². The van der Waals surface area contributed by atoms with Crippen molar-refractivity contribution in [2.45, 2.75) is 0 Å². The molecule has 1 aromatic rings. The molecule has 0 atom stereocenters. The van der Waals surface area contributed by atoms with E-state index in [9.17, 15) is 4.79 Å². The molecule has 0 aliphatic rings. The fraction of sp³-hybridized carbons (Fsp3) is 0.250. The van der Waals surface area contributed by atoms with Crippen molar-refractivity contribution in [3.8, 4) is 5.88 Å². The third kappa shape index (κ3) is 2.98. The van der Waals surface area contributed by atoms with Crippen LogP contribution in [-0.4, -0.2) is 24.5 Å². The normalized spacial score (nSPS) is 9.31. The summed E-state index contributed by atoms with van der Waals surface area (Å²) in [6, 6.07) is 3.41. The lowest BCUT2D eigenvalue weighted by Gasteiger charge is -2.04. The van der Waals surface area contributed by atoms with Gasteiger partial charge < -0.3 is 15.8 Å². The minimum absolute atomic E-state index is 0.104. The number of ether oxygens (including phenoxy) is 1. The summed E-state index contributed by atoms with van der Waals surface area (Å²) in [6.45, 7) is 0.104. The number of hydrogen-bond donors (Lipinski definition) is 2. The highest BCUT2D eigenvalue weighted by molar-refractivity contribution is 5.78. The molecule has 0 spiro atoms. The van der Waals surface area contributed by atoms with E-state index in [1.165, 1.54) is 7.11 Å². The predicted molar refractivity (Wildman–Crippen MR) is 48.5 cm³/mol. The lowest BCUT2D eigenvalue weighted by Crippen LogP contribution is -2.21. The van der Waals surface area contributed by atoms with Gasteiger partial charge in [-0.25, -0.2) is 4.98 Å². The number of methoxy groups -OCH3 is 1. The Morgan fingerprint density at radius 1 is 1.77 bits per heavy atom. The number of primary amides is 1. The molecular formula is C8H11N3O2. The second kappa shape index (κ2) is 4.30. The third-order valence-corrected chi connectivity index (χ3v) is 1.41. The molecule has 0 aromatic carbocycles. The van der Waals surface area contributed by atoms with Crippen molar-refractivity contribution in [3.63, 3.8) is 0 Å². The number of hydrogen-bond acceptors (Lipinski definition) is 4. The number of pyridine rings is 1. The first kappa shape index (κ1) is 9.31. The molecule has 0 saturated heterocycles. The summed E-state index contributed by atoms with van der Waals surface area (Å²) in [5, 5.41) is 2.82. The minimum Gasteiger partial charge on any atom is -0.481 e. The lowest BCUT2D eigenvalue weighted by atomic mass is 10.4. The summed E-state index contributed by atoms with van der Waals surface area (Å²) in [7, 11) is 1.53. The summed E-state index contributed by atoms with van der Waals surface area (Å²) in [5.41, 5.74) is 5.72. The maximum atomic E-state index is 10.4. The molecule has 70 valence electrons. The maximum absolute atomic E-state index is 10.4. The van der Waals surface area contributed by atoms with E-state index >= 15 is 0 Å². The van der Waals surface area contributed by atoms with Gasteiger partial charge >= 0.3 is 0 Å². The SMILES string of the molecule is COc1cc(NCC(N)=O)ccn1. The van der Waals surface area contributed by atoms with Crippen LogP contribution in [0.4, 0.5) is 5.69 Å². The van der Waals surface area contributed by atoms with Crippen LogP contribution in [0.1, 0.15) is 0 Å². The van der Waals surface area contributed by atoms with Crippen LogP contribution in [0.25, 0.3) is 0 Å². The number of anilines is 1. The van der Waals surface area contributed by atoms with Crippen molar-refractivity contribution in [2.24, 2.45) is 5.73 Å². The largest absolute Gasteiger partial charge is 0.481 e. The average molecular weight is 181 g/mol. The Morgan fingerprint density at radius 3 is 3.15 bits per heavy atom. The summed E-state index contributed by atoms with van der Waals surface area (Å²) in [5.74, 6) is 0.0882. The first-order valence-corrected chi connectivity index (χ1v) is 3.74. The molecule has 0 saturated carbocycles. The van der Waals surface area contributed by atoms with Crippen LogP contribution < -0.4 is 15.8 Å². The Labute approximate surface area is 75.9 Å². The molecule has 0 aliphatic carbocycles. The molecule has 5 nitrogen and oxygen atoms in total. The molecule has 0 unspecified atom stereocenters. The number of amides is 1. The van der Waals surface area contributed by atoms with Gasteiger partial charge in [-0.1, -0.05) is 0 Å². The predicted octanol–water partition coefficient (Wildman–Crippen LogP) is -0.0126. The average Bonchev–Trinajstić information content (AvgIpc) is 2.15. The number of carbonyl (C=O) groups excluding carboxylic acids is 1. The van der Waals surface area contributed by atoms with E-state index in [0.29, 0.717) is 5.88 Å². The van der Waals surface area contributed by atoms with Gasteiger partial charge in [0.15, 0.2) is 0 Å². The summed E-state index contributed by atoms with van der Waals surface area (Å²) in [6.07, 6.45) is 1.59. The molecule has 5 heteroatoms. The zero-order chi connectivity index (χ0) is 9.68. The van der Waals surface area contributed by atoms with E-state index in [1.54, 1.807) is 18.3 Å². The Morgan fingerprint density at radius 2 is 2.54 bits per heavy atom. The fourth-order valence-electron chi connectivity index (χ4n) is 0.820. The number of nitrogens with one attached hydrogen (secondary N) is 1. The van der Waals surface area contributed by atoms with Gasteiger partial charge in [0.2, 0.25) is 11.8 Å². The Bertz CT molecular complexity index is 301. The molecule has 3 N–H and O–H groups in total.